The van der Waals surface area contributed by atoms with Gasteiger partial charge in [-0.15, -0.1) is 0 Å². The molecule has 0 unspecified atom stereocenters. The Balaban J connectivity index is 3.40. The molecular formula is C13H17NO2. The second-order valence-corrected chi connectivity index (χ2v) is 3.66. The average Bonchev–Trinajstić information content (AvgIpc) is 2.27. The number of ether oxygens (including phenoxy) is 2. The minimum Gasteiger partial charge on any atom is -0.496 e. The van der Waals surface area contributed by atoms with E-state index in [1.54, 1.807) is 21.1 Å². The van der Waals surface area contributed by atoms with E-state index in [1.165, 1.54) is 0 Å². The minimum atomic E-state index is 0.293. The van der Waals surface area contributed by atoms with E-state index in [2.05, 4.69) is 30.7 Å². The summed E-state index contributed by atoms with van der Waals surface area (Å²) in [5.41, 5.74) is 1.65. The maximum absolute atomic E-state index is 5.35. The first-order valence-corrected chi connectivity index (χ1v) is 5.19. The van der Waals surface area contributed by atoms with Crippen LogP contribution in [0.25, 0.3) is 0 Å². The van der Waals surface area contributed by atoms with Gasteiger partial charge in [0.1, 0.15) is 11.4 Å². The van der Waals surface area contributed by atoms with E-state index in [0.29, 0.717) is 17.5 Å². The highest BCUT2D eigenvalue weighted by Gasteiger charge is 2.16. The largest absolute Gasteiger partial charge is 0.496 e. The van der Waals surface area contributed by atoms with Crippen LogP contribution < -0.4 is 9.47 Å². The smallest absolute Gasteiger partial charge is 0.221 e. The molecule has 0 aromatic carbocycles. The summed E-state index contributed by atoms with van der Waals surface area (Å²) in [6.07, 6.45) is 0. The van der Waals surface area contributed by atoms with E-state index in [9.17, 15) is 0 Å². The highest BCUT2D eigenvalue weighted by Crippen LogP contribution is 2.33. The van der Waals surface area contributed by atoms with Gasteiger partial charge < -0.3 is 9.47 Å². The summed E-state index contributed by atoms with van der Waals surface area (Å²) in [4.78, 5) is 4.33. The van der Waals surface area contributed by atoms with E-state index < -0.39 is 0 Å². The van der Waals surface area contributed by atoms with Crippen LogP contribution in [-0.4, -0.2) is 19.2 Å². The molecule has 0 saturated heterocycles. The van der Waals surface area contributed by atoms with E-state index in [4.69, 9.17) is 9.47 Å². The van der Waals surface area contributed by atoms with Gasteiger partial charge in [0.2, 0.25) is 5.88 Å². The van der Waals surface area contributed by atoms with Crippen LogP contribution >= 0.6 is 0 Å². The third-order valence-electron chi connectivity index (χ3n) is 2.23. The lowest BCUT2D eigenvalue weighted by Crippen LogP contribution is -2.02. The van der Waals surface area contributed by atoms with Crippen LogP contribution in [0.1, 0.15) is 37.9 Å². The normalized spacial score (nSPS) is 9.62. The number of methoxy groups -OCH3 is 2. The maximum atomic E-state index is 5.35. The summed E-state index contributed by atoms with van der Waals surface area (Å²) < 4.78 is 10.6. The molecule has 0 bridgehead atoms. The average molecular weight is 219 g/mol. The van der Waals surface area contributed by atoms with Gasteiger partial charge in [0.25, 0.3) is 0 Å². The van der Waals surface area contributed by atoms with Crippen LogP contribution in [0.2, 0.25) is 0 Å². The van der Waals surface area contributed by atoms with Crippen LogP contribution in [0, 0.1) is 11.8 Å². The Morgan fingerprint density at radius 1 is 1.25 bits per heavy atom. The Morgan fingerprint density at radius 2 is 1.94 bits per heavy atom. The molecule has 16 heavy (non-hydrogen) atoms. The quantitative estimate of drug-likeness (QED) is 0.732. The molecule has 0 saturated carbocycles. The zero-order valence-corrected chi connectivity index (χ0v) is 10.4. The lowest BCUT2D eigenvalue weighted by Gasteiger charge is -2.15. The molecule has 0 fully saturated rings. The van der Waals surface area contributed by atoms with Gasteiger partial charge in [-0.1, -0.05) is 19.8 Å². The van der Waals surface area contributed by atoms with Gasteiger partial charge in [-0.3, -0.25) is 0 Å². The molecule has 1 aromatic heterocycles. The molecule has 0 N–H and O–H groups in total. The van der Waals surface area contributed by atoms with Crippen molar-refractivity contribution < 1.29 is 9.47 Å². The molecule has 1 rings (SSSR count). The maximum Gasteiger partial charge on any atom is 0.221 e. The zero-order valence-electron chi connectivity index (χ0n) is 10.4. The fourth-order valence-electron chi connectivity index (χ4n) is 1.56. The van der Waals surface area contributed by atoms with E-state index in [-0.39, 0.29) is 0 Å². The van der Waals surface area contributed by atoms with E-state index in [1.807, 2.05) is 6.07 Å². The number of aromatic nitrogens is 1. The summed E-state index contributed by atoms with van der Waals surface area (Å²) in [5.74, 6) is 7.37. The lowest BCUT2D eigenvalue weighted by atomic mass is 10.0. The molecule has 0 radical (unpaired) electrons. The molecule has 0 amide bonds. The number of nitrogens with zero attached hydrogens (tertiary/aromatic N) is 1. The summed E-state index contributed by atoms with van der Waals surface area (Å²) >= 11 is 0. The highest BCUT2D eigenvalue weighted by molar-refractivity contribution is 5.47. The molecule has 0 aliphatic carbocycles. The monoisotopic (exact) mass is 219 g/mol. The van der Waals surface area contributed by atoms with Crippen molar-refractivity contribution in [2.24, 2.45) is 0 Å². The summed E-state index contributed by atoms with van der Waals surface area (Å²) in [5, 5.41) is 0. The Hall–Kier alpha value is -1.69. The van der Waals surface area contributed by atoms with Gasteiger partial charge in [-0.2, -0.15) is 0 Å². The van der Waals surface area contributed by atoms with Crippen molar-refractivity contribution in [3.8, 4) is 23.5 Å². The van der Waals surface area contributed by atoms with E-state index in [0.717, 1.165) is 11.3 Å². The SMILES string of the molecule is CC#Cc1cc(OC)c(C(C)C)c(OC)n1. The highest BCUT2D eigenvalue weighted by atomic mass is 16.5. The summed E-state index contributed by atoms with van der Waals surface area (Å²) in [6, 6.07) is 1.84. The van der Waals surface area contributed by atoms with Crippen molar-refractivity contribution in [2.75, 3.05) is 14.2 Å². The Labute approximate surface area is 96.8 Å². The lowest BCUT2D eigenvalue weighted by molar-refractivity contribution is 0.369. The van der Waals surface area contributed by atoms with Crippen molar-refractivity contribution in [2.45, 2.75) is 26.7 Å². The minimum absolute atomic E-state index is 0.293. The van der Waals surface area contributed by atoms with Crippen LogP contribution in [0.15, 0.2) is 6.07 Å². The molecule has 0 atom stereocenters. The summed E-state index contributed by atoms with van der Waals surface area (Å²) in [6.45, 7) is 5.93. The van der Waals surface area contributed by atoms with Gasteiger partial charge in [0.05, 0.1) is 19.8 Å². The fraction of sp³-hybridized carbons (Fsp3) is 0.462. The van der Waals surface area contributed by atoms with Crippen molar-refractivity contribution >= 4 is 0 Å². The van der Waals surface area contributed by atoms with Crippen LogP contribution in [-0.2, 0) is 0 Å². The molecule has 1 aromatic rings. The molecule has 86 valence electrons. The van der Waals surface area contributed by atoms with Crippen molar-refractivity contribution in [3.05, 3.63) is 17.3 Å². The Kier molecular flexibility index (Phi) is 4.19. The van der Waals surface area contributed by atoms with Gasteiger partial charge in [-0.25, -0.2) is 4.98 Å². The number of rotatable bonds is 3. The van der Waals surface area contributed by atoms with Gasteiger partial charge in [0.15, 0.2) is 0 Å². The molecule has 0 spiro atoms. The van der Waals surface area contributed by atoms with Crippen LogP contribution in [0.4, 0.5) is 0 Å². The Morgan fingerprint density at radius 3 is 2.38 bits per heavy atom. The molecule has 1 heterocycles. The third kappa shape index (κ3) is 2.46. The zero-order chi connectivity index (χ0) is 12.1. The molecule has 3 nitrogen and oxygen atoms in total. The van der Waals surface area contributed by atoms with Crippen molar-refractivity contribution in [1.82, 2.24) is 4.98 Å². The molecule has 0 aliphatic rings. The number of hydrogen-bond acceptors (Lipinski definition) is 3. The first-order chi connectivity index (χ1) is 7.63. The summed E-state index contributed by atoms with van der Waals surface area (Å²) in [7, 11) is 3.25. The first kappa shape index (κ1) is 12.4. The molecule has 3 heteroatoms. The van der Waals surface area contributed by atoms with Gasteiger partial charge in [-0.05, 0) is 18.8 Å². The predicted molar refractivity (Wildman–Crippen MR) is 64.0 cm³/mol. The number of pyridine rings is 1. The standard InChI is InChI=1S/C13H17NO2/c1-6-7-10-8-11(15-4)12(9(2)3)13(14-10)16-5/h8-9H,1-5H3. The van der Waals surface area contributed by atoms with Crippen LogP contribution in [0.3, 0.4) is 0 Å². The first-order valence-electron chi connectivity index (χ1n) is 5.19. The fourth-order valence-corrected chi connectivity index (χ4v) is 1.56. The van der Waals surface area contributed by atoms with Crippen molar-refractivity contribution in [1.29, 1.82) is 0 Å². The molecule has 0 aliphatic heterocycles. The predicted octanol–water partition coefficient (Wildman–Crippen LogP) is 2.59. The van der Waals surface area contributed by atoms with Crippen LogP contribution in [0.5, 0.6) is 11.6 Å². The van der Waals surface area contributed by atoms with Gasteiger partial charge >= 0.3 is 0 Å². The molecular weight excluding hydrogens is 202 g/mol. The number of hydrogen-bond donors (Lipinski definition) is 0. The van der Waals surface area contributed by atoms with Gasteiger partial charge in [0, 0.05) is 6.07 Å². The topological polar surface area (TPSA) is 31.4 Å². The second-order valence-electron chi connectivity index (χ2n) is 3.66. The second kappa shape index (κ2) is 5.41. The van der Waals surface area contributed by atoms with E-state index >= 15 is 0 Å². The Bertz CT molecular complexity index is 402. The third-order valence-corrected chi connectivity index (χ3v) is 2.23. The van der Waals surface area contributed by atoms with Crippen molar-refractivity contribution in [3.63, 3.8) is 0 Å².